The van der Waals surface area contributed by atoms with Crippen LogP contribution in [0.2, 0.25) is 0 Å². The van der Waals surface area contributed by atoms with Crippen molar-refractivity contribution in [3.63, 3.8) is 0 Å². The van der Waals surface area contributed by atoms with Gasteiger partial charge in [0.25, 0.3) is 11.5 Å². The first-order chi connectivity index (χ1) is 15.4. The molecule has 1 fully saturated rings. The number of hydrogen-bond donors (Lipinski definition) is 1. The number of rotatable bonds is 5. The molecule has 3 aromatic rings. The average molecular weight is 454 g/mol. The van der Waals surface area contributed by atoms with Crippen LogP contribution >= 0.6 is 11.3 Å². The number of hydrogen-bond acceptors (Lipinski definition) is 6. The molecule has 0 aliphatic heterocycles. The number of aromatic nitrogens is 2. The molecule has 1 atom stereocenters. The standard InChI is InChI=1S/C24H27N3O4S/c1-14-9-7-8-12-18(14)26-21(28)20-15(2)19-22(32-20)25-13-27(23(19)29)16(3)24(30)31-17-10-5-4-6-11-17/h7-9,12-13,16-17H,4-6,10-11H2,1-3H3,(H,26,28)/t16-/m1/s1. The SMILES string of the molecule is Cc1ccccc1NC(=O)c1sc2ncn([C@H](C)C(=O)OC3CCCCC3)c(=O)c2c1C. The third-order valence-corrected chi connectivity index (χ3v) is 7.27. The molecule has 0 bridgehead atoms. The number of thiophene rings is 1. The van der Waals surface area contributed by atoms with Crippen LogP contribution < -0.4 is 10.9 Å². The molecule has 168 valence electrons. The maximum absolute atomic E-state index is 13.2. The summed E-state index contributed by atoms with van der Waals surface area (Å²) in [5, 5.41) is 3.28. The van der Waals surface area contributed by atoms with E-state index in [2.05, 4.69) is 10.3 Å². The number of amides is 1. The second-order valence-corrected chi connectivity index (χ2v) is 9.33. The maximum atomic E-state index is 13.2. The Morgan fingerprint density at radius 2 is 1.91 bits per heavy atom. The number of ether oxygens (including phenoxy) is 1. The zero-order valence-corrected chi connectivity index (χ0v) is 19.3. The van der Waals surface area contributed by atoms with Crippen molar-refractivity contribution in [3.8, 4) is 0 Å². The Labute approximate surface area is 190 Å². The van der Waals surface area contributed by atoms with Crippen molar-refractivity contribution in [2.24, 2.45) is 0 Å². The smallest absolute Gasteiger partial charge is 0.329 e. The number of para-hydroxylation sites is 1. The molecule has 1 saturated carbocycles. The molecule has 8 heteroatoms. The lowest BCUT2D eigenvalue weighted by Crippen LogP contribution is -2.32. The van der Waals surface area contributed by atoms with Gasteiger partial charge in [0.05, 0.1) is 16.6 Å². The van der Waals surface area contributed by atoms with Crippen molar-refractivity contribution in [2.75, 3.05) is 5.32 Å². The summed E-state index contributed by atoms with van der Waals surface area (Å²) in [5.74, 6) is -0.707. The van der Waals surface area contributed by atoms with Crippen LogP contribution in [-0.2, 0) is 9.53 Å². The predicted octanol–water partition coefficient (Wildman–Crippen LogP) is 4.76. The van der Waals surface area contributed by atoms with Gasteiger partial charge in [0.15, 0.2) is 0 Å². The van der Waals surface area contributed by atoms with Crippen molar-refractivity contribution >= 4 is 39.1 Å². The van der Waals surface area contributed by atoms with E-state index >= 15 is 0 Å². The largest absolute Gasteiger partial charge is 0.461 e. The van der Waals surface area contributed by atoms with Crippen molar-refractivity contribution in [1.29, 1.82) is 0 Å². The van der Waals surface area contributed by atoms with E-state index in [0.717, 1.165) is 36.9 Å². The molecule has 2 heterocycles. The molecule has 0 radical (unpaired) electrons. The Balaban J connectivity index is 1.60. The summed E-state index contributed by atoms with van der Waals surface area (Å²) in [6, 6.07) is 6.73. The van der Waals surface area contributed by atoms with E-state index in [1.807, 2.05) is 31.2 Å². The first kappa shape index (κ1) is 22.2. The third kappa shape index (κ3) is 4.32. The molecule has 1 aliphatic rings. The van der Waals surface area contributed by atoms with Crippen LogP contribution in [-0.4, -0.2) is 27.5 Å². The van der Waals surface area contributed by atoms with Crippen molar-refractivity contribution in [1.82, 2.24) is 9.55 Å². The van der Waals surface area contributed by atoms with Gasteiger partial charge in [0.1, 0.15) is 17.0 Å². The molecule has 0 unspecified atom stereocenters. The van der Waals surface area contributed by atoms with Crippen LogP contribution in [0.4, 0.5) is 5.69 Å². The number of nitrogens with zero attached hydrogens (tertiary/aromatic N) is 2. The van der Waals surface area contributed by atoms with Gasteiger partial charge in [-0.2, -0.15) is 0 Å². The fourth-order valence-electron chi connectivity index (χ4n) is 4.08. The molecule has 0 spiro atoms. The van der Waals surface area contributed by atoms with Gasteiger partial charge >= 0.3 is 5.97 Å². The zero-order valence-electron chi connectivity index (χ0n) is 18.5. The first-order valence-electron chi connectivity index (χ1n) is 10.9. The molecular formula is C24H27N3O4S. The molecule has 1 aromatic carbocycles. The molecule has 7 nitrogen and oxygen atoms in total. The van der Waals surface area contributed by atoms with Gasteiger partial charge in [-0.05, 0) is 63.6 Å². The first-order valence-corrected chi connectivity index (χ1v) is 11.8. The number of nitrogens with one attached hydrogen (secondary N) is 1. The summed E-state index contributed by atoms with van der Waals surface area (Å²) >= 11 is 1.18. The maximum Gasteiger partial charge on any atom is 0.329 e. The van der Waals surface area contributed by atoms with Gasteiger partial charge in [-0.1, -0.05) is 24.6 Å². The number of esters is 1. The quantitative estimate of drug-likeness (QED) is 0.562. The Kier molecular flexibility index (Phi) is 6.41. The molecule has 4 rings (SSSR count). The minimum atomic E-state index is -0.787. The molecule has 1 amide bonds. The molecule has 1 N–H and O–H groups in total. The van der Waals surface area contributed by atoms with E-state index in [0.29, 0.717) is 20.7 Å². The van der Waals surface area contributed by atoms with Gasteiger partial charge < -0.3 is 10.1 Å². The van der Waals surface area contributed by atoms with Gasteiger partial charge in [-0.15, -0.1) is 11.3 Å². The van der Waals surface area contributed by atoms with Crippen LogP contribution in [0.5, 0.6) is 0 Å². The Hall–Kier alpha value is -3.00. The fourth-order valence-corrected chi connectivity index (χ4v) is 5.12. The van der Waals surface area contributed by atoms with E-state index in [-0.39, 0.29) is 17.6 Å². The fraction of sp³-hybridized carbons (Fsp3) is 0.417. The molecule has 32 heavy (non-hydrogen) atoms. The van der Waals surface area contributed by atoms with Crippen LogP contribution in [0.1, 0.15) is 65.9 Å². The average Bonchev–Trinajstić information content (AvgIpc) is 3.13. The third-order valence-electron chi connectivity index (χ3n) is 6.07. The summed E-state index contributed by atoms with van der Waals surface area (Å²) in [4.78, 5) is 44.1. The molecule has 2 aromatic heterocycles. The lowest BCUT2D eigenvalue weighted by molar-refractivity contribution is -0.154. The van der Waals surface area contributed by atoms with E-state index in [4.69, 9.17) is 4.74 Å². The minimum absolute atomic E-state index is 0.0780. The molecule has 0 saturated heterocycles. The second kappa shape index (κ2) is 9.24. The molecule has 1 aliphatic carbocycles. The molecular weight excluding hydrogens is 426 g/mol. The number of aryl methyl sites for hydroxylation is 2. The van der Waals surface area contributed by atoms with E-state index in [1.54, 1.807) is 13.8 Å². The number of benzene rings is 1. The normalized spacial score (nSPS) is 15.5. The number of carbonyl (C=O) groups excluding carboxylic acids is 2. The number of carbonyl (C=O) groups is 2. The monoisotopic (exact) mass is 453 g/mol. The zero-order chi connectivity index (χ0) is 22.8. The summed E-state index contributed by atoms with van der Waals surface area (Å²) in [6.07, 6.45) is 6.31. The van der Waals surface area contributed by atoms with Crippen molar-refractivity contribution in [2.45, 2.75) is 65.0 Å². The number of fused-ring (bicyclic) bond motifs is 1. The van der Waals surface area contributed by atoms with Gasteiger partial charge in [0.2, 0.25) is 0 Å². The Morgan fingerprint density at radius 1 is 1.19 bits per heavy atom. The highest BCUT2D eigenvalue weighted by molar-refractivity contribution is 7.20. The lowest BCUT2D eigenvalue weighted by Gasteiger charge is -2.24. The summed E-state index contributed by atoms with van der Waals surface area (Å²) in [6.45, 7) is 5.30. The highest BCUT2D eigenvalue weighted by Gasteiger charge is 2.26. The summed E-state index contributed by atoms with van der Waals surface area (Å²) in [5.41, 5.74) is 1.90. The van der Waals surface area contributed by atoms with Crippen LogP contribution in [0, 0.1) is 13.8 Å². The van der Waals surface area contributed by atoms with Crippen LogP contribution in [0.15, 0.2) is 35.4 Å². The highest BCUT2D eigenvalue weighted by atomic mass is 32.1. The summed E-state index contributed by atoms with van der Waals surface area (Å²) < 4.78 is 6.94. The van der Waals surface area contributed by atoms with Gasteiger partial charge in [-0.3, -0.25) is 14.2 Å². The topological polar surface area (TPSA) is 90.3 Å². The summed E-state index contributed by atoms with van der Waals surface area (Å²) in [7, 11) is 0. The van der Waals surface area contributed by atoms with E-state index < -0.39 is 12.0 Å². The van der Waals surface area contributed by atoms with Crippen molar-refractivity contribution < 1.29 is 14.3 Å². The van der Waals surface area contributed by atoms with Crippen LogP contribution in [0.25, 0.3) is 10.2 Å². The Morgan fingerprint density at radius 3 is 2.62 bits per heavy atom. The van der Waals surface area contributed by atoms with Gasteiger partial charge in [-0.25, -0.2) is 9.78 Å². The lowest BCUT2D eigenvalue weighted by atomic mass is 9.98. The minimum Gasteiger partial charge on any atom is -0.461 e. The Bertz CT molecular complexity index is 1220. The van der Waals surface area contributed by atoms with Gasteiger partial charge in [0, 0.05) is 5.69 Å². The number of anilines is 1. The highest BCUT2D eigenvalue weighted by Crippen LogP contribution is 2.29. The van der Waals surface area contributed by atoms with E-state index in [9.17, 15) is 14.4 Å². The van der Waals surface area contributed by atoms with Crippen LogP contribution in [0.3, 0.4) is 0 Å². The van der Waals surface area contributed by atoms with E-state index in [1.165, 1.54) is 28.7 Å². The predicted molar refractivity (Wildman–Crippen MR) is 125 cm³/mol. The van der Waals surface area contributed by atoms with Crippen molar-refractivity contribution in [3.05, 3.63) is 57.0 Å². The second-order valence-electron chi connectivity index (χ2n) is 8.34.